The Morgan fingerprint density at radius 3 is 2.34 bits per heavy atom. The Kier molecular flexibility index (Phi) is 6.25. The van der Waals surface area contributed by atoms with E-state index in [0.29, 0.717) is 24.4 Å². The zero-order chi connectivity index (χ0) is 22.7. The van der Waals surface area contributed by atoms with Gasteiger partial charge in [0.15, 0.2) is 6.61 Å². The molecule has 0 saturated carbocycles. The summed E-state index contributed by atoms with van der Waals surface area (Å²) in [5, 5.41) is 2.57. The van der Waals surface area contributed by atoms with E-state index in [1.165, 1.54) is 6.07 Å². The van der Waals surface area contributed by atoms with Crippen molar-refractivity contribution in [1.29, 1.82) is 0 Å². The Morgan fingerprint density at radius 1 is 1.00 bits per heavy atom. The van der Waals surface area contributed by atoms with Crippen LogP contribution in [0.4, 0.5) is 30.2 Å². The van der Waals surface area contributed by atoms with E-state index in [1.807, 2.05) is 4.90 Å². The molecule has 0 radical (unpaired) electrons. The highest BCUT2D eigenvalue weighted by Gasteiger charge is 2.32. The van der Waals surface area contributed by atoms with Gasteiger partial charge in [-0.25, -0.2) is 0 Å². The fraction of sp³-hybridized carbons (Fsp3) is 0.391. The average molecular weight is 447 g/mol. The van der Waals surface area contributed by atoms with Gasteiger partial charge in [-0.15, -0.1) is 0 Å². The number of amides is 2. The fourth-order valence-electron chi connectivity index (χ4n) is 4.02. The average Bonchev–Trinajstić information content (AvgIpc) is 3.44. The Morgan fingerprint density at radius 2 is 1.72 bits per heavy atom. The minimum absolute atomic E-state index is 0.0768. The van der Waals surface area contributed by atoms with Crippen LogP contribution in [0.1, 0.15) is 31.2 Å². The van der Waals surface area contributed by atoms with Crippen LogP contribution in [0.25, 0.3) is 0 Å². The summed E-state index contributed by atoms with van der Waals surface area (Å²) < 4.78 is 45.0. The highest BCUT2D eigenvalue weighted by Crippen LogP contribution is 2.36. The predicted octanol–water partition coefficient (Wildman–Crippen LogP) is 4.45. The summed E-state index contributed by atoms with van der Waals surface area (Å²) >= 11 is 0. The van der Waals surface area contributed by atoms with Gasteiger partial charge in [-0.05, 0) is 61.7 Å². The maximum Gasteiger partial charge on any atom is 0.416 e. The molecular weight excluding hydrogens is 423 g/mol. The third kappa shape index (κ3) is 4.98. The lowest BCUT2D eigenvalue weighted by Crippen LogP contribution is -2.25. The summed E-state index contributed by atoms with van der Waals surface area (Å²) in [6.45, 7) is 1.79. The van der Waals surface area contributed by atoms with Crippen LogP contribution in [-0.2, 0) is 15.8 Å². The van der Waals surface area contributed by atoms with E-state index in [-0.39, 0.29) is 18.2 Å². The number of carbonyl (C=O) groups excluding carboxylic acids is 2. The lowest BCUT2D eigenvalue weighted by atomic mass is 10.1. The fourth-order valence-corrected chi connectivity index (χ4v) is 4.02. The highest BCUT2D eigenvalue weighted by molar-refractivity contribution is 5.96. The lowest BCUT2D eigenvalue weighted by molar-refractivity contribution is -0.137. The Balaban J connectivity index is 1.41. The first-order valence-corrected chi connectivity index (χ1v) is 10.6. The van der Waals surface area contributed by atoms with E-state index in [2.05, 4.69) is 5.32 Å². The van der Waals surface area contributed by atoms with Gasteiger partial charge in [-0.3, -0.25) is 9.59 Å². The van der Waals surface area contributed by atoms with Crippen molar-refractivity contribution in [1.82, 2.24) is 0 Å². The minimum Gasteiger partial charge on any atom is -0.484 e. The molecule has 2 aromatic rings. The molecule has 2 aliphatic rings. The van der Waals surface area contributed by atoms with Crippen LogP contribution in [0, 0.1) is 0 Å². The number of ether oxygens (including phenoxy) is 1. The van der Waals surface area contributed by atoms with Crippen LogP contribution in [0.5, 0.6) is 5.75 Å². The van der Waals surface area contributed by atoms with Gasteiger partial charge in [0.1, 0.15) is 5.75 Å². The van der Waals surface area contributed by atoms with Crippen LogP contribution in [0.3, 0.4) is 0 Å². The minimum atomic E-state index is -4.50. The highest BCUT2D eigenvalue weighted by atomic mass is 19.4. The van der Waals surface area contributed by atoms with E-state index in [1.54, 1.807) is 29.2 Å². The summed E-state index contributed by atoms with van der Waals surface area (Å²) in [5.41, 5.74) is 0.647. The van der Waals surface area contributed by atoms with Gasteiger partial charge in [0.2, 0.25) is 5.91 Å². The molecule has 0 unspecified atom stereocenters. The Bertz CT molecular complexity index is 986. The predicted molar refractivity (Wildman–Crippen MR) is 115 cm³/mol. The zero-order valence-electron chi connectivity index (χ0n) is 17.5. The monoisotopic (exact) mass is 447 g/mol. The number of alkyl halides is 3. The number of anilines is 3. The van der Waals surface area contributed by atoms with Gasteiger partial charge in [-0.2, -0.15) is 13.2 Å². The molecule has 2 aliphatic heterocycles. The molecule has 0 aliphatic carbocycles. The SMILES string of the molecule is O=C(COc1ccc(N2CCCC2=O)cc1)Nc1cc(C(F)(F)F)ccc1N1CCCC1. The molecule has 2 aromatic carbocycles. The third-order valence-electron chi connectivity index (χ3n) is 5.64. The molecule has 170 valence electrons. The Labute approximate surface area is 183 Å². The largest absolute Gasteiger partial charge is 0.484 e. The van der Waals surface area contributed by atoms with E-state index in [4.69, 9.17) is 4.74 Å². The molecular formula is C23H24F3N3O3. The second-order valence-electron chi connectivity index (χ2n) is 7.90. The van der Waals surface area contributed by atoms with Gasteiger partial charge in [0.05, 0.1) is 16.9 Å². The molecule has 32 heavy (non-hydrogen) atoms. The van der Waals surface area contributed by atoms with Gasteiger partial charge in [-0.1, -0.05) is 0 Å². The summed E-state index contributed by atoms with van der Waals surface area (Å²) in [6.07, 6.45) is -1.23. The molecule has 0 bridgehead atoms. The second-order valence-corrected chi connectivity index (χ2v) is 7.90. The summed E-state index contributed by atoms with van der Waals surface area (Å²) in [5.74, 6) is -0.0455. The van der Waals surface area contributed by atoms with Crippen LogP contribution in [0.2, 0.25) is 0 Å². The summed E-state index contributed by atoms with van der Waals surface area (Å²) in [7, 11) is 0. The maximum atomic E-state index is 13.2. The standard InChI is InChI=1S/C23H24F3N3O3/c24-23(25,26)16-5-10-20(28-11-1-2-12-28)19(14-16)27-21(30)15-32-18-8-6-17(7-9-18)29-13-3-4-22(29)31/h5-10,14H,1-4,11-13,15H2,(H,27,30). The van der Waals surface area contributed by atoms with Gasteiger partial charge < -0.3 is 19.9 Å². The number of halogens is 3. The van der Waals surface area contributed by atoms with Crippen molar-refractivity contribution < 1.29 is 27.5 Å². The molecule has 2 fully saturated rings. The smallest absolute Gasteiger partial charge is 0.416 e. The van der Waals surface area contributed by atoms with Gasteiger partial charge in [0, 0.05) is 31.7 Å². The van der Waals surface area contributed by atoms with Crippen molar-refractivity contribution in [2.24, 2.45) is 0 Å². The van der Waals surface area contributed by atoms with Crippen molar-refractivity contribution in [3.8, 4) is 5.75 Å². The van der Waals surface area contributed by atoms with Crippen LogP contribution >= 0.6 is 0 Å². The summed E-state index contributed by atoms with van der Waals surface area (Å²) in [4.78, 5) is 27.9. The number of benzene rings is 2. The van der Waals surface area contributed by atoms with E-state index < -0.39 is 17.6 Å². The van der Waals surface area contributed by atoms with Gasteiger partial charge >= 0.3 is 6.18 Å². The van der Waals surface area contributed by atoms with E-state index in [0.717, 1.165) is 50.2 Å². The number of hydrogen-bond acceptors (Lipinski definition) is 4. The molecule has 1 N–H and O–H groups in total. The van der Waals surface area contributed by atoms with Crippen molar-refractivity contribution in [2.75, 3.05) is 41.4 Å². The van der Waals surface area contributed by atoms with E-state index in [9.17, 15) is 22.8 Å². The molecule has 2 heterocycles. The van der Waals surface area contributed by atoms with E-state index >= 15 is 0 Å². The zero-order valence-corrected chi connectivity index (χ0v) is 17.5. The molecule has 0 aromatic heterocycles. The molecule has 6 nitrogen and oxygen atoms in total. The quantitative estimate of drug-likeness (QED) is 0.711. The van der Waals surface area contributed by atoms with Crippen molar-refractivity contribution in [2.45, 2.75) is 31.9 Å². The molecule has 2 saturated heterocycles. The van der Waals surface area contributed by atoms with Crippen molar-refractivity contribution in [3.63, 3.8) is 0 Å². The second kappa shape index (κ2) is 9.10. The normalized spacial score (nSPS) is 16.5. The number of hydrogen-bond donors (Lipinski definition) is 1. The molecule has 9 heteroatoms. The molecule has 0 spiro atoms. The third-order valence-corrected chi connectivity index (χ3v) is 5.64. The molecule has 0 atom stereocenters. The first-order valence-electron chi connectivity index (χ1n) is 10.6. The topological polar surface area (TPSA) is 61.9 Å². The molecule has 4 rings (SSSR count). The first kappa shape index (κ1) is 22.0. The van der Waals surface area contributed by atoms with Crippen molar-refractivity contribution in [3.05, 3.63) is 48.0 Å². The number of carbonyl (C=O) groups is 2. The van der Waals surface area contributed by atoms with Crippen LogP contribution in [-0.4, -0.2) is 38.1 Å². The molecule has 2 amide bonds. The first-order chi connectivity index (χ1) is 15.3. The maximum absolute atomic E-state index is 13.2. The van der Waals surface area contributed by atoms with Gasteiger partial charge in [0.25, 0.3) is 5.91 Å². The van der Waals surface area contributed by atoms with Crippen LogP contribution < -0.4 is 19.9 Å². The van der Waals surface area contributed by atoms with Crippen LogP contribution in [0.15, 0.2) is 42.5 Å². The lowest BCUT2D eigenvalue weighted by Gasteiger charge is -2.23. The Hall–Kier alpha value is -3.23. The number of rotatable bonds is 6. The summed E-state index contributed by atoms with van der Waals surface area (Å²) in [6, 6.07) is 10.2. The number of nitrogens with zero attached hydrogens (tertiary/aromatic N) is 2. The van der Waals surface area contributed by atoms with Crippen molar-refractivity contribution >= 4 is 28.9 Å². The number of nitrogens with one attached hydrogen (secondary N) is 1.